The number of aliphatic hydroxyl groups excluding tert-OH is 1. The molecule has 2 aromatic rings. The number of benzene rings is 2. The fourth-order valence-corrected chi connectivity index (χ4v) is 1.89. The summed E-state index contributed by atoms with van der Waals surface area (Å²) in [7, 11) is 1.49. The number of hydrogen-bond donors (Lipinski definition) is 1. The lowest BCUT2D eigenvalue weighted by molar-refractivity contribution is 0.0693. The number of carbonyl (C=O) groups excluding carboxylic acids is 2. The van der Waals surface area contributed by atoms with Crippen molar-refractivity contribution in [2.45, 2.75) is 6.61 Å². The first-order valence-corrected chi connectivity index (χ1v) is 6.21. The van der Waals surface area contributed by atoms with E-state index >= 15 is 0 Å². The fourth-order valence-electron chi connectivity index (χ4n) is 1.89. The minimum Gasteiger partial charge on any atom is -0.392 e. The zero-order valence-corrected chi connectivity index (χ0v) is 11.1. The Morgan fingerprint density at radius 1 is 0.850 bits per heavy atom. The summed E-state index contributed by atoms with van der Waals surface area (Å²) in [6, 6.07) is 16.4. The molecule has 20 heavy (non-hydrogen) atoms. The highest BCUT2D eigenvalue weighted by Crippen LogP contribution is 2.20. The molecule has 1 aliphatic rings. The first kappa shape index (κ1) is 14.0. The Hall–Kier alpha value is -2.46. The van der Waals surface area contributed by atoms with Crippen molar-refractivity contribution in [2.75, 3.05) is 7.05 Å². The van der Waals surface area contributed by atoms with E-state index in [1.807, 2.05) is 30.3 Å². The van der Waals surface area contributed by atoms with Crippen LogP contribution in [-0.4, -0.2) is 28.9 Å². The number of imide groups is 1. The van der Waals surface area contributed by atoms with E-state index in [-0.39, 0.29) is 18.4 Å². The predicted octanol–water partition coefficient (Wildman–Crippen LogP) is 2.09. The van der Waals surface area contributed by atoms with Crippen LogP contribution in [0.2, 0.25) is 0 Å². The Balaban J connectivity index is 0.000000160. The van der Waals surface area contributed by atoms with Gasteiger partial charge >= 0.3 is 0 Å². The van der Waals surface area contributed by atoms with E-state index in [0.717, 1.165) is 10.5 Å². The second-order valence-electron chi connectivity index (χ2n) is 4.36. The average molecular weight is 269 g/mol. The molecule has 2 amide bonds. The normalized spacial score (nSPS) is 12.8. The van der Waals surface area contributed by atoms with Gasteiger partial charge in [0.05, 0.1) is 17.7 Å². The molecule has 0 fully saturated rings. The van der Waals surface area contributed by atoms with Crippen molar-refractivity contribution in [2.24, 2.45) is 0 Å². The summed E-state index contributed by atoms with van der Waals surface area (Å²) in [5, 5.41) is 8.54. The van der Waals surface area contributed by atoms with Crippen molar-refractivity contribution in [1.82, 2.24) is 4.90 Å². The van der Waals surface area contributed by atoms with Gasteiger partial charge in [-0.3, -0.25) is 14.5 Å². The van der Waals surface area contributed by atoms with Gasteiger partial charge in [-0.2, -0.15) is 0 Å². The van der Waals surface area contributed by atoms with E-state index in [4.69, 9.17) is 5.11 Å². The quantitative estimate of drug-likeness (QED) is 0.806. The van der Waals surface area contributed by atoms with Gasteiger partial charge in [-0.15, -0.1) is 0 Å². The van der Waals surface area contributed by atoms with Gasteiger partial charge in [-0.05, 0) is 17.7 Å². The zero-order chi connectivity index (χ0) is 14.5. The lowest BCUT2D eigenvalue weighted by atomic mass is 10.1. The molecule has 1 N–H and O–H groups in total. The number of rotatable bonds is 1. The summed E-state index contributed by atoms with van der Waals surface area (Å²) in [5.74, 6) is -0.425. The van der Waals surface area contributed by atoms with Crippen molar-refractivity contribution >= 4 is 11.8 Å². The molecule has 102 valence electrons. The van der Waals surface area contributed by atoms with Gasteiger partial charge in [0.15, 0.2) is 0 Å². The van der Waals surface area contributed by atoms with E-state index in [1.165, 1.54) is 7.05 Å². The number of nitrogens with zero attached hydrogens (tertiary/aromatic N) is 1. The molecule has 0 bridgehead atoms. The Morgan fingerprint density at radius 3 is 1.70 bits per heavy atom. The highest BCUT2D eigenvalue weighted by molar-refractivity contribution is 6.21. The first-order valence-electron chi connectivity index (χ1n) is 6.21. The highest BCUT2D eigenvalue weighted by atomic mass is 16.3. The molecule has 0 saturated carbocycles. The number of amides is 2. The lowest BCUT2D eigenvalue weighted by Gasteiger charge is -2.02. The molecule has 4 heteroatoms. The Kier molecular flexibility index (Phi) is 4.27. The smallest absolute Gasteiger partial charge is 0.261 e. The summed E-state index contributed by atoms with van der Waals surface area (Å²) in [6.45, 7) is 0.140. The van der Waals surface area contributed by atoms with Gasteiger partial charge in [0, 0.05) is 7.05 Å². The topological polar surface area (TPSA) is 57.6 Å². The molecule has 3 rings (SSSR count). The summed E-state index contributed by atoms with van der Waals surface area (Å²) in [6.07, 6.45) is 0. The van der Waals surface area contributed by atoms with Crippen LogP contribution in [0.5, 0.6) is 0 Å². The van der Waals surface area contributed by atoms with E-state index in [2.05, 4.69) is 0 Å². The van der Waals surface area contributed by atoms with Gasteiger partial charge in [0.1, 0.15) is 0 Å². The van der Waals surface area contributed by atoms with Gasteiger partial charge in [-0.1, -0.05) is 42.5 Å². The van der Waals surface area contributed by atoms with Gasteiger partial charge < -0.3 is 5.11 Å². The number of aliphatic hydroxyl groups is 1. The molecule has 1 aliphatic heterocycles. The van der Waals surface area contributed by atoms with Crippen LogP contribution in [0.4, 0.5) is 0 Å². The molecule has 2 aromatic carbocycles. The zero-order valence-electron chi connectivity index (χ0n) is 11.1. The second-order valence-corrected chi connectivity index (χ2v) is 4.36. The molecule has 0 aromatic heterocycles. The van der Waals surface area contributed by atoms with E-state index in [0.29, 0.717) is 11.1 Å². The highest BCUT2D eigenvalue weighted by Gasteiger charge is 2.31. The Bertz CT molecular complexity index is 588. The molecular weight excluding hydrogens is 254 g/mol. The van der Waals surface area contributed by atoms with Gasteiger partial charge in [-0.25, -0.2) is 0 Å². The largest absolute Gasteiger partial charge is 0.392 e. The van der Waals surface area contributed by atoms with Crippen LogP contribution in [0.1, 0.15) is 26.3 Å². The molecule has 1 heterocycles. The van der Waals surface area contributed by atoms with Crippen molar-refractivity contribution < 1.29 is 14.7 Å². The van der Waals surface area contributed by atoms with Gasteiger partial charge in [0.2, 0.25) is 0 Å². The summed E-state index contributed by atoms with van der Waals surface area (Å²) in [4.78, 5) is 23.8. The molecule has 0 atom stereocenters. The number of fused-ring (bicyclic) bond motifs is 1. The molecule has 0 saturated heterocycles. The summed E-state index contributed by atoms with van der Waals surface area (Å²) < 4.78 is 0. The van der Waals surface area contributed by atoms with Crippen LogP contribution in [0.3, 0.4) is 0 Å². The first-order chi connectivity index (χ1) is 9.65. The molecule has 0 spiro atoms. The molecule has 0 unspecified atom stereocenters. The van der Waals surface area contributed by atoms with Crippen LogP contribution in [-0.2, 0) is 6.61 Å². The molecule has 4 nitrogen and oxygen atoms in total. The Morgan fingerprint density at radius 2 is 1.30 bits per heavy atom. The van der Waals surface area contributed by atoms with Crippen LogP contribution < -0.4 is 0 Å². The van der Waals surface area contributed by atoms with Crippen molar-refractivity contribution in [3.8, 4) is 0 Å². The molecular formula is C16H15NO3. The third kappa shape index (κ3) is 2.75. The number of carbonyl (C=O) groups is 2. The molecule has 0 radical (unpaired) electrons. The summed E-state index contributed by atoms with van der Waals surface area (Å²) in [5.41, 5.74) is 1.97. The van der Waals surface area contributed by atoms with Crippen molar-refractivity contribution in [1.29, 1.82) is 0 Å². The monoisotopic (exact) mass is 269 g/mol. The van der Waals surface area contributed by atoms with E-state index < -0.39 is 0 Å². The standard InChI is InChI=1S/C9H7NO2.C7H8O/c1-10-8(11)6-4-2-3-5-7(6)9(10)12;8-6-7-4-2-1-3-5-7/h2-5H,1H3;1-5,8H,6H2. The van der Waals surface area contributed by atoms with Crippen LogP contribution in [0, 0.1) is 0 Å². The predicted molar refractivity (Wildman–Crippen MR) is 75.2 cm³/mol. The maximum absolute atomic E-state index is 11.3. The van der Waals surface area contributed by atoms with E-state index in [9.17, 15) is 9.59 Å². The third-order valence-corrected chi connectivity index (χ3v) is 3.02. The number of hydrogen-bond acceptors (Lipinski definition) is 3. The van der Waals surface area contributed by atoms with Crippen molar-refractivity contribution in [3.05, 3.63) is 71.3 Å². The Labute approximate surface area is 117 Å². The van der Waals surface area contributed by atoms with Gasteiger partial charge in [0.25, 0.3) is 11.8 Å². The minimum absolute atomic E-state index is 0.140. The maximum atomic E-state index is 11.3. The van der Waals surface area contributed by atoms with Crippen LogP contribution in [0.15, 0.2) is 54.6 Å². The van der Waals surface area contributed by atoms with Crippen LogP contribution in [0.25, 0.3) is 0 Å². The van der Waals surface area contributed by atoms with E-state index in [1.54, 1.807) is 24.3 Å². The van der Waals surface area contributed by atoms with Crippen molar-refractivity contribution in [3.63, 3.8) is 0 Å². The third-order valence-electron chi connectivity index (χ3n) is 3.02. The molecule has 0 aliphatic carbocycles. The SMILES string of the molecule is CN1C(=O)c2ccccc2C1=O.OCc1ccccc1. The second kappa shape index (κ2) is 6.12. The summed E-state index contributed by atoms with van der Waals surface area (Å²) >= 11 is 0. The average Bonchev–Trinajstić information content (AvgIpc) is 2.74. The fraction of sp³-hybridized carbons (Fsp3) is 0.125. The van der Waals surface area contributed by atoms with Crippen LogP contribution >= 0.6 is 0 Å². The lowest BCUT2D eigenvalue weighted by Crippen LogP contribution is -2.24. The maximum Gasteiger partial charge on any atom is 0.261 e. The minimum atomic E-state index is -0.212.